The number of H-pyrrole nitrogens is 1. The third-order valence-corrected chi connectivity index (χ3v) is 7.26. The first-order valence-electron chi connectivity index (χ1n) is 9.86. The summed E-state index contributed by atoms with van der Waals surface area (Å²) in [6.45, 7) is 2.29. The molecule has 1 aliphatic heterocycles. The van der Waals surface area contributed by atoms with Gasteiger partial charge in [-0.2, -0.15) is 4.31 Å². The number of hydrogen-bond acceptors (Lipinski definition) is 6. The van der Waals surface area contributed by atoms with Gasteiger partial charge in [0.15, 0.2) is 5.58 Å². The van der Waals surface area contributed by atoms with E-state index in [4.69, 9.17) is 9.15 Å². The molecule has 2 aromatic carbocycles. The predicted octanol–water partition coefficient (Wildman–Crippen LogP) is 2.48. The zero-order valence-electron chi connectivity index (χ0n) is 17.2. The molecule has 0 aliphatic carbocycles. The van der Waals surface area contributed by atoms with Gasteiger partial charge < -0.3 is 14.5 Å². The van der Waals surface area contributed by atoms with E-state index < -0.39 is 21.7 Å². The van der Waals surface area contributed by atoms with Crippen LogP contribution >= 0.6 is 0 Å². The number of sulfonamides is 1. The molecule has 1 aromatic heterocycles. The lowest BCUT2D eigenvalue weighted by Gasteiger charge is -2.31. The Bertz CT molecular complexity index is 1290. The fourth-order valence-electron chi connectivity index (χ4n) is 3.76. The molecule has 0 bridgehead atoms. The molecule has 4 rings (SSSR count). The van der Waals surface area contributed by atoms with Crippen molar-refractivity contribution < 1.29 is 22.4 Å². The number of aromatic amines is 1. The molecule has 3 aromatic rings. The van der Waals surface area contributed by atoms with E-state index in [0.717, 1.165) is 5.56 Å². The Balaban J connectivity index is 1.53. The van der Waals surface area contributed by atoms with Crippen LogP contribution in [0.25, 0.3) is 11.1 Å². The summed E-state index contributed by atoms with van der Waals surface area (Å²) in [6, 6.07) is 9.71. The number of nitrogens with one attached hydrogen (secondary N) is 2. The molecule has 10 heteroatoms. The molecule has 1 amide bonds. The Hall–Kier alpha value is -3.11. The molecule has 9 nitrogen and oxygen atoms in total. The van der Waals surface area contributed by atoms with Crippen LogP contribution in [0.4, 0.5) is 5.69 Å². The normalized spacial score (nSPS) is 17.5. The highest BCUT2D eigenvalue weighted by molar-refractivity contribution is 7.89. The minimum absolute atomic E-state index is 0.0177. The quantitative estimate of drug-likeness (QED) is 0.622. The van der Waals surface area contributed by atoms with Crippen molar-refractivity contribution in [1.82, 2.24) is 9.29 Å². The molecule has 2 N–H and O–H groups in total. The number of anilines is 1. The number of benzene rings is 2. The molecule has 164 valence electrons. The minimum Gasteiger partial charge on any atom is -0.495 e. The number of oxazole rings is 1. The molecule has 2 heterocycles. The molecular weight excluding hydrogens is 422 g/mol. The van der Waals surface area contributed by atoms with E-state index in [1.165, 1.54) is 29.6 Å². The smallest absolute Gasteiger partial charge is 0.417 e. The van der Waals surface area contributed by atoms with Gasteiger partial charge in [-0.1, -0.05) is 6.07 Å². The number of carbonyl (C=O) groups excluding carboxylic acids is 1. The lowest BCUT2D eigenvalue weighted by Crippen LogP contribution is -2.43. The van der Waals surface area contributed by atoms with Gasteiger partial charge in [0, 0.05) is 19.2 Å². The summed E-state index contributed by atoms with van der Waals surface area (Å²) in [5, 5.41) is 2.87. The molecule has 31 heavy (non-hydrogen) atoms. The summed E-state index contributed by atoms with van der Waals surface area (Å²) in [7, 11) is -2.32. The Kier molecular flexibility index (Phi) is 5.59. The van der Waals surface area contributed by atoms with E-state index in [0.29, 0.717) is 36.3 Å². The van der Waals surface area contributed by atoms with Gasteiger partial charge in [0.1, 0.15) is 5.75 Å². The summed E-state index contributed by atoms with van der Waals surface area (Å²) in [4.78, 5) is 26.7. The molecule has 1 atom stereocenters. The van der Waals surface area contributed by atoms with Crippen molar-refractivity contribution in [3.05, 3.63) is 52.5 Å². The Morgan fingerprint density at radius 2 is 2.06 bits per heavy atom. The summed E-state index contributed by atoms with van der Waals surface area (Å²) in [5.74, 6) is -0.857. The number of aromatic nitrogens is 1. The number of piperidine rings is 1. The Labute approximate surface area is 179 Å². The first kappa shape index (κ1) is 21.1. The third kappa shape index (κ3) is 4.21. The van der Waals surface area contributed by atoms with E-state index in [-0.39, 0.29) is 22.9 Å². The number of ether oxygens (including phenoxy) is 1. The SMILES string of the molecule is COc1ccc(C)cc1NC(=O)[C@H]1CCCN(S(=O)(=O)c2ccc3[nH]c(=O)oc3c2)C1. The highest BCUT2D eigenvalue weighted by atomic mass is 32.2. The number of hydrogen-bond donors (Lipinski definition) is 2. The molecule has 1 fully saturated rings. The zero-order chi connectivity index (χ0) is 22.2. The molecular formula is C21H23N3O6S. The molecule has 0 radical (unpaired) electrons. The molecule has 0 spiro atoms. The van der Waals surface area contributed by atoms with Crippen LogP contribution in [0.1, 0.15) is 18.4 Å². The van der Waals surface area contributed by atoms with Crippen molar-refractivity contribution in [2.75, 3.05) is 25.5 Å². The van der Waals surface area contributed by atoms with Crippen molar-refractivity contribution in [3.8, 4) is 5.75 Å². The lowest BCUT2D eigenvalue weighted by molar-refractivity contribution is -0.120. The van der Waals surface area contributed by atoms with Crippen LogP contribution in [0.2, 0.25) is 0 Å². The van der Waals surface area contributed by atoms with Gasteiger partial charge in [-0.15, -0.1) is 0 Å². The first-order valence-corrected chi connectivity index (χ1v) is 11.3. The highest BCUT2D eigenvalue weighted by Gasteiger charge is 2.34. The number of nitrogens with zero attached hydrogens (tertiary/aromatic N) is 1. The standard InChI is InChI=1S/C21H23N3O6S/c1-13-5-8-18(29-2)17(10-13)22-20(25)14-4-3-9-24(12-14)31(27,28)15-6-7-16-19(11-15)30-21(26)23-16/h5-8,10-11,14H,3-4,9,12H2,1-2H3,(H,22,25)(H,23,26)/t14-/m0/s1. The van der Waals surface area contributed by atoms with Crippen LogP contribution < -0.4 is 15.8 Å². The number of carbonyl (C=O) groups is 1. The monoisotopic (exact) mass is 445 g/mol. The van der Waals surface area contributed by atoms with Crippen LogP contribution in [-0.4, -0.2) is 43.8 Å². The average molecular weight is 445 g/mol. The van der Waals surface area contributed by atoms with Gasteiger partial charge in [0.2, 0.25) is 15.9 Å². The second-order valence-corrected chi connectivity index (χ2v) is 9.51. The number of fused-ring (bicyclic) bond motifs is 1. The maximum Gasteiger partial charge on any atom is 0.417 e. The van der Waals surface area contributed by atoms with Gasteiger partial charge in [-0.3, -0.25) is 9.78 Å². The second-order valence-electron chi connectivity index (χ2n) is 7.57. The summed E-state index contributed by atoms with van der Waals surface area (Å²) < 4.78 is 37.9. The van der Waals surface area contributed by atoms with E-state index in [2.05, 4.69) is 10.3 Å². The van der Waals surface area contributed by atoms with Gasteiger partial charge in [0.05, 0.1) is 29.1 Å². The summed E-state index contributed by atoms with van der Waals surface area (Å²) in [5.41, 5.74) is 2.12. The highest BCUT2D eigenvalue weighted by Crippen LogP contribution is 2.29. The molecule has 0 unspecified atom stereocenters. The van der Waals surface area contributed by atoms with Gasteiger partial charge >= 0.3 is 5.76 Å². The van der Waals surface area contributed by atoms with Crippen molar-refractivity contribution in [2.45, 2.75) is 24.7 Å². The minimum atomic E-state index is -3.85. The van der Waals surface area contributed by atoms with Crippen molar-refractivity contribution >= 4 is 32.7 Å². The molecule has 1 aliphatic rings. The van der Waals surface area contributed by atoms with E-state index in [1.54, 1.807) is 6.07 Å². The van der Waals surface area contributed by atoms with Crippen molar-refractivity contribution in [2.24, 2.45) is 5.92 Å². The largest absolute Gasteiger partial charge is 0.495 e. The Morgan fingerprint density at radius 3 is 2.84 bits per heavy atom. The third-order valence-electron chi connectivity index (χ3n) is 5.40. The van der Waals surface area contributed by atoms with Gasteiger partial charge in [-0.05, 0) is 49.6 Å². The number of aryl methyl sites for hydroxylation is 1. The predicted molar refractivity (Wildman–Crippen MR) is 115 cm³/mol. The number of rotatable bonds is 5. The van der Waals surface area contributed by atoms with Crippen LogP contribution in [0.15, 0.2) is 50.5 Å². The topological polar surface area (TPSA) is 122 Å². The number of methoxy groups -OCH3 is 1. The lowest BCUT2D eigenvalue weighted by atomic mass is 9.98. The van der Waals surface area contributed by atoms with E-state index in [9.17, 15) is 18.0 Å². The maximum absolute atomic E-state index is 13.2. The zero-order valence-corrected chi connectivity index (χ0v) is 18.0. The summed E-state index contributed by atoms with van der Waals surface area (Å²) >= 11 is 0. The average Bonchev–Trinajstić information content (AvgIpc) is 3.13. The van der Waals surface area contributed by atoms with Gasteiger partial charge in [0.25, 0.3) is 0 Å². The van der Waals surface area contributed by atoms with Crippen molar-refractivity contribution in [3.63, 3.8) is 0 Å². The van der Waals surface area contributed by atoms with Crippen LogP contribution in [0, 0.1) is 12.8 Å². The summed E-state index contributed by atoms with van der Waals surface area (Å²) in [6.07, 6.45) is 1.14. The Morgan fingerprint density at radius 1 is 1.26 bits per heavy atom. The van der Waals surface area contributed by atoms with Gasteiger partial charge in [-0.25, -0.2) is 13.2 Å². The van der Waals surface area contributed by atoms with Crippen LogP contribution in [0.5, 0.6) is 5.75 Å². The molecule has 0 saturated carbocycles. The second kappa shape index (κ2) is 8.20. The van der Waals surface area contributed by atoms with E-state index >= 15 is 0 Å². The van der Waals surface area contributed by atoms with Crippen LogP contribution in [-0.2, 0) is 14.8 Å². The molecule has 1 saturated heterocycles. The fourth-order valence-corrected chi connectivity index (χ4v) is 5.30. The van der Waals surface area contributed by atoms with E-state index in [1.807, 2.05) is 19.1 Å². The van der Waals surface area contributed by atoms with Crippen LogP contribution in [0.3, 0.4) is 0 Å². The maximum atomic E-state index is 13.2. The fraction of sp³-hybridized carbons (Fsp3) is 0.333. The first-order chi connectivity index (χ1) is 14.8. The number of amides is 1. The van der Waals surface area contributed by atoms with Crippen molar-refractivity contribution in [1.29, 1.82) is 0 Å².